The second-order valence-corrected chi connectivity index (χ2v) is 7.41. The molecule has 2 aromatic carbocycles. The van der Waals surface area contributed by atoms with Crippen molar-refractivity contribution in [2.45, 2.75) is 6.54 Å². The Kier molecular flexibility index (Phi) is 9.38. The minimum atomic E-state index is -0.584. The van der Waals surface area contributed by atoms with E-state index in [9.17, 15) is 9.59 Å². The zero-order valence-electron chi connectivity index (χ0n) is 17.0. The summed E-state index contributed by atoms with van der Waals surface area (Å²) in [5.74, 6) is -0.422. The maximum atomic E-state index is 11.9. The van der Waals surface area contributed by atoms with Gasteiger partial charge < -0.3 is 26.6 Å². The van der Waals surface area contributed by atoms with E-state index >= 15 is 0 Å². The quantitative estimate of drug-likeness (QED) is 0.285. The highest BCUT2D eigenvalue weighted by atomic mass is 127. The number of nitrogens with one attached hydrogen (secondary N) is 1. The second-order valence-electron chi connectivity index (χ2n) is 6.97. The highest BCUT2D eigenvalue weighted by molar-refractivity contribution is 14.0. The van der Waals surface area contributed by atoms with Crippen LogP contribution in [0, 0.1) is 0 Å². The first-order valence-corrected chi connectivity index (χ1v) is 10.0. The number of nitrogens with two attached hydrogens (primary N) is 2. The number of anilines is 1. The summed E-state index contributed by atoms with van der Waals surface area (Å²) in [6, 6.07) is 14.8. The number of aliphatic imine (C=N–C) groups is 1. The second kappa shape index (κ2) is 11.8. The Morgan fingerprint density at radius 3 is 2.16 bits per heavy atom. The molecule has 0 radical (unpaired) electrons. The summed E-state index contributed by atoms with van der Waals surface area (Å²) in [6.45, 7) is 3.52. The van der Waals surface area contributed by atoms with Crippen molar-refractivity contribution in [3.8, 4) is 0 Å². The summed E-state index contributed by atoms with van der Waals surface area (Å²) >= 11 is 5.95. The summed E-state index contributed by atoms with van der Waals surface area (Å²) < 4.78 is 0. The summed E-state index contributed by atoms with van der Waals surface area (Å²) in [5, 5.41) is 3.18. The van der Waals surface area contributed by atoms with E-state index in [2.05, 4.69) is 20.1 Å². The molecule has 0 spiro atoms. The Morgan fingerprint density at radius 1 is 0.968 bits per heavy atom. The Balaban J connectivity index is 0.00000341. The number of primary amides is 1. The zero-order valence-corrected chi connectivity index (χ0v) is 20.0. The van der Waals surface area contributed by atoms with Crippen LogP contribution in [0.5, 0.6) is 0 Å². The normalized spacial score (nSPS) is 14.0. The standard InChI is InChI=1S/C21H25ClN6O2.HI/c22-17-5-7-18(8-6-17)27-9-11-28(12-10-27)21(24)26-13-15-1-3-16(4-2-15)20(30)25-14-19(23)29;/h1-8H,9-14H2,(H2,23,29)(H2,24,26)(H,25,30);1H. The lowest BCUT2D eigenvalue weighted by molar-refractivity contribution is -0.117. The molecule has 166 valence electrons. The number of amides is 2. The average Bonchev–Trinajstić information content (AvgIpc) is 2.77. The van der Waals surface area contributed by atoms with Crippen molar-refractivity contribution in [2.24, 2.45) is 16.5 Å². The summed E-state index contributed by atoms with van der Waals surface area (Å²) in [7, 11) is 0. The molecule has 1 heterocycles. The van der Waals surface area contributed by atoms with Crippen LogP contribution in [0.4, 0.5) is 5.69 Å². The van der Waals surface area contributed by atoms with Crippen molar-refractivity contribution < 1.29 is 9.59 Å². The fourth-order valence-corrected chi connectivity index (χ4v) is 3.27. The molecule has 0 bridgehead atoms. The highest BCUT2D eigenvalue weighted by Crippen LogP contribution is 2.19. The number of hydrogen-bond donors (Lipinski definition) is 3. The van der Waals surface area contributed by atoms with E-state index in [1.165, 1.54) is 0 Å². The van der Waals surface area contributed by atoms with Crippen LogP contribution in [0.3, 0.4) is 0 Å². The van der Waals surface area contributed by atoms with Crippen LogP contribution in [0.2, 0.25) is 5.02 Å². The van der Waals surface area contributed by atoms with Crippen molar-refractivity contribution >= 4 is 59.0 Å². The Hall–Kier alpha value is -2.53. The Morgan fingerprint density at radius 2 is 1.58 bits per heavy atom. The van der Waals surface area contributed by atoms with Gasteiger partial charge in [0.2, 0.25) is 5.91 Å². The number of carbonyl (C=O) groups excluding carboxylic acids is 2. The molecule has 0 unspecified atom stereocenters. The molecule has 2 amide bonds. The van der Waals surface area contributed by atoms with Crippen LogP contribution in [-0.4, -0.2) is 55.4 Å². The van der Waals surface area contributed by atoms with E-state index < -0.39 is 5.91 Å². The average molecular weight is 557 g/mol. The monoisotopic (exact) mass is 556 g/mol. The summed E-state index contributed by atoms with van der Waals surface area (Å²) in [5.41, 5.74) is 13.7. The third kappa shape index (κ3) is 7.28. The number of rotatable bonds is 6. The number of benzene rings is 2. The van der Waals surface area contributed by atoms with Crippen LogP contribution in [-0.2, 0) is 11.3 Å². The topological polar surface area (TPSA) is 117 Å². The number of carbonyl (C=O) groups is 2. The first kappa shape index (κ1) is 24.7. The summed E-state index contributed by atoms with van der Waals surface area (Å²) in [4.78, 5) is 31.5. The number of piperazine rings is 1. The van der Waals surface area contributed by atoms with Gasteiger partial charge in [-0.3, -0.25) is 9.59 Å². The highest BCUT2D eigenvalue weighted by Gasteiger charge is 2.18. The van der Waals surface area contributed by atoms with Crippen LogP contribution in [0.25, 0.3) is 0 Å². The molecule has 0 atom stereocenters. The van der Waals surface area contributed by atoms with Gasteiger partial charge in [-0.05, 0) is 42.0 Å². The third-order valence-corrected chi connectivity index (χ3v) is 5.11. The van der Waals surface area contributed by atoms with Crippen LogP contribution >= 0.6 is 35.6 Å². The van der Waals surface area contributed by atoms with Gasteiger partial charge in [-0.25, -0.2) is 4.99 Å². The lowest BCUT2D eigenvalue weighted by Gasteiger charge is -2.36. The molecular weight excluding hydrogens is 531 g/mol. The van der Waals surface area contributed by atoms with Gasteiger partial charge in [0.25, 0.3) is 5.91 Å². The number of guanidine groups is 1. The molecule has 0 saturated carbocycles. The van der Waals surface area contributed by atoms with Gasteiger partial charge >= 0.3 is 0 Å². The molecule has 0 aliphatic carbocycles. The van der Waals surface area contributed by atoms with Gasteiger partial charge in [-0.1, -0.05) is 23.7 Å². The molecule has 8 nitrogen and oxygen atoms in total. The van der Waals surface area contributed by atoms with Crippen molar-refractivity contribution in [2.75, 3.05) is 37.6 Å². The molecule has 1 aliphatic heterocycles. The van der Waals surface area contributed by atoms with E-state index in [0.29, 0.717) is 18.1 Å². The maximum absolute atomic E-state index is 11.9. The minimum absolute atomic E-state index is 0. The smallest absolute Gasteiger partial charge is 0.251 e. The lowest BCUT2D eigenvalue weighted by atomic mass is 10.1. The molecular formula is C21H26ClIN6O2. The molecule has 10 heteroatoms. The van der Waals surface area contributed by atoms with Crippen LogP contribution in [0.1, 0.15) is 15.9 Å². The first-order valence-electron chi connectivity index (χ1n) is 9.63. The maximum Gasteiger partial charge on any atom is 0.251 e. The molecule has 2 aromatic rings. The van der Waals surface area contributed by atoms with Crippen molar-refractivity contribution in [3.05, 3.63) is 64.7 Å². The first-order chi connectivity index (χ1) is 14.4. The predicted octanol–water partition coefficient (Wildman–Crippen LogP) is 1.81. The number of hydrogen-bond acceptors (Lipinski definition) is 4. The van der Waals surface area contributed by atoms with Crippen molar-refractivity contribution in [3.63, 3.8) is 0 Å². The Bertz CT molecular complexity index is 912. The SMILES string of the molecule is I.NC(=O)CNC(=O)c1ccc(CN=C(N)N2CCN(c3ccc(Cl)cc3)CC2)cc1. The van der Waals surface area contributed by atoms with E-state index in [-0.39, 0.29) is 36.4 Å². The van der Waals surface area contributed by atoms with Crippen LogP contribution in [0.15, 0.2) is 53.5 Å². The van der Waals surface area contributed by atoms with Crippen LogP contribution < -0.4 is 21.7 Å². The zero-order chi connectivity index (χ0) is 21.5. The van der Waals surface area contributed by atoms with E-state index in [1.54, 1.807) is 12.1 Å². The van der Waals surface area contributed by atoms with Crippen molar-refractivity contribution in [1.29, 1.82) is 0 Å². The van der Waals surface area contributed by atoms with Gasteiger partial charge in [0, 0.05) is 42.5 Å². The van der Waals surface area contributed by atoms with Gasteiger partial charge in [-0.15, -0.1) is 24.0 Å². The van der Waals surface area contributed by atoms with Gasteiger partial charge in [-0.2, -0.15) is 0 Å². The van der Waals surface area contributed by atoms with Gasteiger partial charge in [0.15, 0.2) is 5.96 Å². The molecule has 0 aromatic heterocycles. The van der Waals surface area contributed by atoms with E-state index in [0.717, 1.165) is 42.5 Å². The number of halogens is 2. The minimum Gasteiger partial charge on any atom is -0.370 e. The molecule has 1 saturated heterocycles. The van der Waals surface area contributed by atoms with E-state index in [1.807, 2.05) is 36.4 Å². The fraction of sp³-hybridized carbons (Fsp3) is 0.286. The molecule has 1 aliphatic rings. The Labute approximate surface area is 203 Å². The molecule has 5 N–H and O–H groups in total. The van der Waals surface area contributed by atoms with E-state index in [4.69, 9.17) is 23.1 Å². The van der Waals surface area contributed by atoms with Gasteiger partial charge in [0.1, 0.15) is 0 Å². The third-order valence-electron chi connectivity index (χ3n) is 4.86. The van der Waals surface area contributed by atoms with Gasteiger partial charge in [0.05, 0.1) is 13.1 Å². The van der Waals surface area contributed by atoms with Crippen molar-refractivity contribution in [1.82, 2.24) is 10.2 Å². The predicted molar refractivity (Wildman–Crippen MR) is 134 cm³/mol. The lowest BCUT2D eigenvalue weighted by Crippen LogP contribution is -2.51. The number of nitrogens with zero attached hydrogens (tertiary/aromatic N) is 3. The molecule has 3 rings (SSSR count). The fourth-order valence-electron chi connectivity index (χ4n) is 3.15. The summed E-state index contributed by atoms with van der Waals surface area (Å²) in [6.07, 6.45) is 0. The largest absolute Gasteiger partial charge is 0.370 e. The molecule has 1 fully saturated rings. The molecule has 31 heavy (non-hydrogen) atoms.